The van der Waals surface area contributed by atoms with Crippen LogP contribution >= 0.6 is 0 Å². The van der Waals surface area contributed by atoms with Gasteiger partial charge in [0.2, 0.25) is 0 Å². The summed E-state index contributed by atoms with van der Waals surface area (Å²) in [6, 6.07) is 0. The number of ether oxygens (including phenoxy) is 1. The average molecular weight is 296 g/mol. The Morgan fingerprint density at radius 1 is 1.00 bits per heavy atom. The first-order valence-electron chi connectivity index (χ1n) is 9.28. The van der Waals surface area contributed by atoms with Gasteiger partial charge in [-0.15, -0.1) is 0 Å². The van der Waals surface area contributed by atoms with Gasteiger partial charge in [-0.2, -0.15) is 0 Å². The second kappa shape index (κ2) is 9.81. The lowest BCUT2D eigenvalue weighted by atomic mass is 9.91. The van der Waals surface area contributed by atoms with Crippen molar-refractivity contribution in [2.45, 2.75) is 64.9 Å². The van der Waals surface area contributed by atoms with Gasteiger partial charge in [-0.05, 0) is 103 Å². The van der Waals surface area contributed by atoms with Gasteiger partial charge in [0.25, 0.3) is 0 Å². The van der Waals surface area contributed by atoms with E-state index < -0.39 is 0 Å². The van der Waals surface area contributed by atoms with Gasteiger partial charge in [-0.25, -0.2) is 0 Å². The normalized spacial score (nSPS) is 23.0. The molecule has 0 amide bonds. The Kier molecular flexibility index (Phi) is 8.05. The summed E-state index contributed by atoms with van der Waals surface area (Å²) in [5.41, 5.74) is 0. The molecule has 0 saturated carbocycles. The molecule has 3 heteroatoms. The van der Waals surface area contributed by atoms with Crippen molar-refractivity contribution in [3.8, 4) is 0 Å². The Morgan fingerprint density at radius 2 is 1.67 bits per heavy atom. The van der Waals surface area contributed by atoms with Crippen molar-refractivity contribution in [1.82, 2.24) is 10.2 Å². The lowest BCUT2D eigenvalue weighted by Crippen LogP contribution is -2.36. The molecule has 2 heterocycles. The third-order valence-corrected chi connectivity index (χ3v) is 5.23. The number of nitrogens with zero attached hydrogens (tertiary/aromatic N) is 1. The van der Waals surface area contributed by atoms with E-state index in [4.69, 9.17) is 4.74 Å². The molecule has 0 aromatic rings. The maximum atomic E-state index is 5.64. The molecule has 2 rings (SSSR count). The number of piperidine rings is 2. The topological polar surface area (TPSA) is 24.5 Å². The summed E-state index contributed by atoms with van der Waals surface area (Å²) in [7, 11) is 0. The molecule has 2 aliphatic heterocycles. The van der Waals surface area contributed by atoms with E-state index in [1.165, 1.54) is 77.7 Å². The highest BCUT2D eigenvalue weighted by Crippen LogP contribution is 2.23. The van der Waals surface area contributed by atoms with Gasteiger partial charge in [0, 0.05) is 6.61 Å². The molecule has 0 aromatic carbocycles. The fourth-order valence-electron chi connectivity index (χ4n) is 3.73. The first-order valence-corrected chi connectivity index (χ1v) is 9.28. The van der Waals surface area contributed by atoms with Gasteiger partial charge < -0.3 is 15.0 Å². The molecule has 0 aliphatic carbocycles. The third kappa shape index (κ3) is 7.12. The highest BCUT2D eigenvalue weighted by atomic mass is 16.5. The summed E-state index contributed by atoms with van der Waals surface area (Å²) >= 11 is 0. The molecular weight excluding hydrogens is 260 g/mol. The first kappa shape index (κ1) is 17.2. The zero-order valence-electron chi connectivity index (χ0n) is 14.3. The summed E-state index contributed by atoms with van der Waals surface area (Å²) in [6.07, 6.45) is 10.0. The molecule has 124 valence electrons. The predicted molar refractivity (Wildman–Crippen MR) is 89.7 cm³/mol. The van der Waals surface area contributed by atoms with Crippen LogP contribution in [0.5, 0.6) is 0 Å². The SMILES string of the molecule is CC(C)OCCCC1CCN(CCC2CCNCC2)CC1. The second-order valence-electron chi connectivity index (χ2n) is 7.33. The summed E-state index contributed by atoms with van der Waals surface area (Å²) in [4.78, 5) is 2.71. The molecule has 0 aromatic heterocycles. The molecule has 21 heavy (non-hydrogen) atoms. The lowest BCUT2D eigenvalue weighted by Gasteiger charge is -2.33. The number of hydrogen-bond donors (Lipinski definition) is 1. The van der Waals surface area contributed by atoms with Crippen molar-refractivity contribution in [2.75, 3.05) is 39.3 Å². The first-order chi connectivity index (χ1) is 10.2. The molecule has 0 bridgehead atoms. The van der Waals surface area contributed by atoms with E-state index in [1.807, 2.05) is 0 Å². The predicted octanol–water partition coefficient (Wildman–Crippen LogP) is 3.29. The van der Waals surface area contributed by atoms with Crippen LogP contribution in [0, 0.1) is 11.8 Å². The van der Waals surface area contributed by atoms with Crippen molar-refractivity contribution in [1.29, 1.82) is 0 Å². The van der Waals surface area contributed by atoms with E-state index in [0.29, 0.717) is 6.10 Å². The summed E-state index contributed by atoms with van der Waals surface area (Å²) in [6.45, 7) is 11.7. The van der Waals surface area contributed by atoms with Crippen LogP contribution in [0.15, 0.2) is 0 Å². The van der Waals surface area contributed by atoms with Gasteiger partial charge in [0.15, 0.2) is 0 Å². The molecule has 2 saturated heterocycles. The van der Waals surface area contributed by atoms with Gasteiger partial charge >= 0.3 is 0 Å². The van der Waals surface area contributed by atoms with Crippen molar-refractivity contribution in [3.63, 3.8) is 0 Å². The molecule has 0 unspecified atom stereocenters. The van der Waals surface area contributed by atoms with Crippen molar-refractivity contribution in [3.05, 3.63) is 0 Å². The van der Waals surface area contributed by atoms with E-state index in [9.17, 15) is 0 Å². The maximum Gasteiger partial charge on any atom is 0.0518 e. The van der Waals surface area contributed by atoms with Crippen LogP contribution in [0.4, 0.5) is 0 Å². The quantitative estimate of drug-likeness (QED) is 0.696. The largest absolute Gasteiger partial charge is 0.379 e. The number of nitrogens with one attached hydrogen (secondary N) is 1. The Bertz CT molecular complexity index is 256. The minimum atomic E-state index is 0.391. The van der Waals surface area contributed by atoms with Crippen molar-refractivity contribution >= 4 is 0 Å². The van der Waals surface area contributed by atoms with Crippen LogP contribution in [0.25, 0.3) is 0 Å². The monoisotopic (exact) mass is 296 g/mol. The molecule has 0 atom stereocenters. The summed E-state index contributed by atoms with van der Waals surface area (Å²) in [5.74, 6) is 1.94. The fraction of sp³-hybridized carbons (Fsp3) is 1.00. The Morgan fingerprint density at radius 3 is 2.33 bits per heavy atom. The zero-order valence-corrected chi connectivity index (χ0v) is 14.3. The highest BCUT2D eigenvalue weighted by Gasteiger charge is 2.20. The lowest BCUT2D eigenvalue weighted by molar-refractivity contribution is 0.0702. The molecule has 3 nitrogen and oxygen atoms in total. The average Bonchev–Trinajstić information content (AvgIpc) is 2.51. The summed E-state index contributed by atoms with van der Waals surface area (Å²) in [5, 5.41) is 3.47. The highest BCUT2D eigenvalue weighted by molar-refractivity contribution is 4.75. The zero-order chi connectivity index (χ0) is 14.9. The number of hydrogen-bond acceptors (Lipinski definition) is 3. The molecule has 2 fully saturated rings. The molecule has 0 spiro atoms. The molecule has 0 radical (unpaired) electrons. The Balaban J connectivity index is 1.49. The molecule has 1 N–H and O–H groups in total. The van der Waals surface area contributed by atoms with E-state index in [1.54, 1.807) is 0 Å². The molecular formula is C18H36N2O. The van der Waals surface area contributed by atoms with E-state index in [2.05, 4.69) is 24.1 Å². The van der Waals surface area contributed by atoms with Crippen LogP contribution in [0.3, 0.4) is 0 Å². The van der Waals surface area contributed by atoms with Gasteiger partial charge in [0.05, 0.1) is 6.10 Å². The van der Waals surface area contributed by atoms with Crippen LogP contribution in [0.1, 0.15) is 58.8 Å². The van der Waals surface area contributed by atoms with Crippen LogP contribution in [-0.2, 0) is 4.74 Å². The number of rotatable bonds is 8. The van der Waals surface area contributed by atoms with E-state index in [0.717, 1.165) is 18.4 Å². The smallest absolute Gasteiger partial charge is 0.0518 e. The van der Waals surface area contributed by atoms with Gasteiger partial charge in [0.1, 0.15) is 0 Å². The summed E-state index contributed by atoms with van der Waals surface area (Å²) < 4.78 is 5.64. The molecule has 2 aliphatic rings. The van der Waals surface area contributed by atoms with E-state index in [-0.39, 0.29) is 0 Å². The van der Waals surface area contributed by atoms with E-state index >= 15 is 0 Å². The fourth-order valence-corrected chi connectivity index (χ4v) is 3.73. The van der Waals surface area contributed by atoms with Crippen LogP contribution < -0.4 is 5.32 Å². The van der Waals surface area contributed by atoms with Crippen LogP contribution in [-0.4, -0.2) is 50.3 Å². The van der Waals surface area contributed by atoms with Gasteiger partial charge in [-0.3, -0.25) is 0 Å². The van der Waals surface area contributed by atoms with Crippen molar-refractivity contribution < 1.29 is 4.74 Å². The Labute approximate surface area is 131 Å². The Hall–Kier alpha value is -0.120. The minimum absolute atomic E-state index is 0.391. The van der Waals surface area contributed by atoms with Crippen molar-refractivity contribution in [2.24, 2.45) is 11.8 Å². The standard InChI is InChI=1S/C18H36N2O/c1-16(2)21-15-3-4-17-7-12-20(13-8-17)14-9-18-5-10-19-11-6-18/h16-19H,3-15H2,1-2H3. The minimum Gasteiger partial charge on any atom is -0.379 e. The third-order valence-electron chi connectivity index (χ3n) is 5.23. The number of likely N-dealkylation sites (tertiary alicyclic amines) is 1. The van der Waals surface area contributed by atoms with Crippen LogP contribution in [0.2, 0.25) is 0 Å². The second-order valence-corrected chi connectivity index (χ2v) is 7.33. The maximum absolute atomic E-state index is 5.64. The van der Waals surface area contributed by atoms with Gasteiger partial charge in [-0.1, -0.05) is 0 Å².